The summed E-state index contributed by atoms with van der Waals surface area (Å²) < 4.78 is 0. The van der Waals surface area contributed by atoms with Crippen molar-refractivity contribution in [3.63, 3.8) is 0 Å². The van der Waals surface area contributed by atoms with Crippen molar-refractivity contribution in [1.82, 2.24) is 0 Å². The lowest BCUT2D eigenvalue weighted by atomic mass is 9.35. The van der Waals surface area contributed by atoms with Gasteiger partial charge in [-0.3, -0.25) is 4.99 Å². The smallest absolute Gasteiger partial charge is 0.0809 e. The molecule has 1 aliphatic heterocycles. The topological polar surface area (TPSA) is 32.6 Å². The van der Waals surface area contributed by atoms with Gasteiger partial charge in [0.15, 0.2) is 0 Å². The molecule has 5 aliphatic carbocycles. The standard InChI is InChI=1S/C20H29NO/c1-13-14-4-8-19(17(13)22)9-5-15-18(2)6-3-7-20(15,12-21-11-18)16(19)10-14/h11,14-17,22H,1,3-10,12H2,2H3/t14-,15+,16+,17-,18-,19-,20-/m0/s1. The summed E-state index contributed by atoms with van der Waals surface area (Å²) in [5, 5.41) is 11.1. The first-order chi connectivity index (χ1) is 10.5. The number of hydrogen-bond donors (Lipinski definition) is 1. The fraction of sp³-hybridized carbons (Fsp3) is 0.850. The van der Waals surface area contributed by atoms with Crippen LogP contribution in [-0.4, -0.2) is 24.0 Å². The molecule has 2 nitrogen and oxygen atoms in total. The summed E-state index contributed by atoms with van der Waals surface area (Å²) in [4.78, 5) is 4.89. The van der Waals surface area contributed by atoms with E-state index in [1.54, 1.807) is 0 Å². The number of aliphatic hydroxyl groups is 1. The molecule has 1 spiro atoms. The maximum Gasteiger partial charge on any atom is 0.0809 e. The number of aliphatic imine (C=N–C) groups is 1. The molecule has 0 aromatic heterocycles. The third kappa shape index (κ3) is 1.36. The Bertz CT molecular complexity index is 568. The van der Waals surface area contributed by atoms with Crippen molar-refractivity contribution in [2.45, 2.75) is 64.4 Å². The third-order valence-corrected chi connectivity index (χ3v) is 8.80. The summed E-state index contributed by atoms with van der Waals surface area (Å²) in [6, 6.07) is 0. The Kier molecular flexibility index (Phi) is 2.54. The quantitative estimate of drug-likeness (QED) is 0.674. The fourth-order valence-corrected chi connectivity index (χ4v) is 7.88. The van der Waals surface area contributed by atoms with E-state index in [1.165, 1.54) is 51.4 Å². The van der Waals surface area contributed by atoms with Crippen LogP contribution in [-0.2, 0) is 0 Å². The van der Waals surface area contributed by atoms with Crippen molar-refractivity contribution in [3.05, 3.63) is 12.2 Å². The van der Waals surface area contributed by atoms with Crippen LogP contribution in [0.5, 0.6) is 0 Å². The van der Waals surface area contributed by atoms with Gasteiger partial charge in [-0.15, -0.1) is 0 Å². The Labute approximate surface area is 134 Å². The SMILES string of the molecule is C=C1[C@H]2CC[C@@]3(CC[C@H]4[C@@]5(CCC[C@@]4(C)C=NC5)[C@@H]3C2)[C@H]1O. The van der Waals surface area contributed by atoms with Crippen molar-refractivity contribution >= 4 is 6.21 Å². The number of hydrogen-bond acceptors (Lipinski definition) is 2. The minimum absolute atomic E-state index is 0.146. The molecule has 1 heterocycles. The van der Waals surface area contributed by atoms with Crippen LogP contribution < -0.4 is 0 Å². The Balaban J connectivity index is 1.65. The molecule has 0 amide bonds. The molecule has 5 fully saturated rings. The van der Waals surface area contributed by atoms with Crippen LogP contribution in [0, 0.1) is 34.0 Å². The van der Waals surface area contributed by atoms with Gasteiger partial charge in [-0.2, -0.15) is 0 Å². The summed E-state index contributed by atoms with van der Waals surface area (Å²) >= 11 is 0. The Morgan fingerprint density at radius 1 is 1.14 bits per heavy atom. The molecule has 0 aromatic carbocycles. The molecule has 6 rings (SSSR count). The van der Waals surface area contributed by atoms with E-state index < -0.39 is 0 Å². The van der Waals surface area contributed by atoms with E-state index in [0.29, 0.717) is 22.7 Å². The van der Waals surface area contributed by atoms with E-state index in [0.717, 1.165) is 18.0 Å². The molecule has 2 heteroatoms. The van der Waals surface area contributed by atoms with Gasteiger partial charge in [0.1, 0.15) is 0 Å². The first kappa shape index (κ1) is 13.8. The molecule has 1 N–H and O–H groups in total. The Morgan fingerprint density at radius 2 is 1.95 bits per heavy atom. The molecule has 4 bridgehead atoms. The van der Waals surface area contributed by atoms with Gasteiger partial charge < -0.3 is 5.11 Å². The molecule has 0 saturated heterocycles. The van der Waals surface area contributed by atoms with E-state index in [4.69, 9.17) is 4.99 Å². The van der Waals surface area contributed by atoms with Crippen LogP contribution in [0.3, 0.4) is 0 Å². The summed E-state index contributed by atoms with van der Waals surface area (Å²) in [5.74, 6) is 2.07. The van der Waals surface area contributed by atoms with Gasteiger partial charge in [0.05, 0.1) is 6.10 Å². The van der Waals surface area contributed by atoms with Crippen LogP contribution in [0.25, 0.3) is 0 Å². The van der Waals surface area contributed by atoms with Crippen LogP contribution in [0.15, 0.2) is 17.1 Å². The summed E-state index contributed by atoms with van der Waals surface area (Å²) in [5.41, 5.74) is 2.03. The average molecular weight is 299 g/mol. The second-order valence-electron chi connectivity index (χ2n) is 9.39. The summed E-state index contributed by atoms with van der Waals surface area (Å²) in [6.45, 7) is 7.77. The maximum absolute atomic E-state index is 11.1. The number of fused-ring (bicyclic) bond motifs is 2. The van der Waals surface area contributed by atoms with E-state index in [2.05, 4.69) is 19.7 Å². The van der Waals surface area contributed by atoms with Crippen molar-refractivity contribution in [2.24, 2.45) is 39.0 Å². The summed E-state index contributed by atoms with van der Waals surface area (Å²) in [6.07, 6.45) is 12.4. The first-order valence-corrected chi connectivity index (χ1v) is 9.40. The lowest BCUT2D eigenvalue weighted by Crippen LogP contribution is -2.67. The highest BCUT2D eigenvalue weighted by molar-refractivity contribution is 5.68. The zero-order chi connectivity index (χ0) is 15.2. The zero-order valence-corrected chi connectivity index (χ0v) is 13.9. The number of aliphatic hydroxyl groups excluding tert-OH is 1. The highest BCUT2D eigenvalue weighted by Gasteiger charge is 2.68. The largest absolute Gasteiger partial charge is 0.388 e. The number of nitrogens with zero attached hydrogens (tertiary/aromatic N) is 1. The predicted molar refractivity (Wildman–Crippen MR) is 88.9 cm³/mol. The van der Waals surface area contributed by atoms with Gasteiger partial charge in [-0.25, -0.2) is 0 Å². The highest BCUT2D eigenvalue weighted by atomic mass is 16.3. The van der Waals surface area contributed by atoms with E-state index in [1.807, 2.05) is 0 Å². The monoisotopic (exact) mass is 299 g/mol. The van der Waals surface area contributed by atoms with E-state index >= 15 is 0 Å². The normalized spacial score (nSPS) is 59.1. The predicted octanol–water partition coefficient (Wildman–Crippen LogP) is 3.99. The second-order valence-corrected chi connectivity index (χ2v) is 9.39. The van der Waals surface area contributed by atoms with E-state index in [9.17, 15) is 5.11 Å². The molecule has 5 saturated carbocycles. The minimum atomic E-state index is -0.237. The zero-order valence-electron chi connectivity index (χ0n) is 13.9. The van der Waals surface area contributed by atoms with Crippen molar-refractivity contribution in [2.75, 3.05) is 6.54 Å². The highest BCUT2D eigenvalue weighted by Crippen LogP contribution is 2.72. The van der Waals surface area contributed by atoms with Gasteiger partial charge in [0, 0.05) is 23.6 Å². The summed E-state index contributed by atoms with van der Waals surface area (Å²) in [7, 11) is 0. The number of rotatable bonds is 0. The molecule has 120 valence electrons. The van der Waals surface area contributed by atoms with Gasteiger partial charge in [-0.05, 0) is 73.7 Å². The molecule has 6 aliphatic rings. The van der Waals surface area contributed by atoms with Crippen LogP contribution in [0.1, 0.15) is 58.3 Å². The lowest BCUT2D eigenvalue weighted by molar-refractivity contribution is -0.201. The van der Waals surface area contributed by atoms with Crippen LogP contribution >= 0.6 is 0 Å². The van der Waals surface area contributed by atoms with Crippen molar-refractivity contribution in [3.8, 4) is 0 Å². The van der Waals surface area contributed by atoms with Crippen molar-refractivity contribution < 1.29 is 5.11 Å². The molecule has 22 heavy (non-hydrogen) atoms. The molecule has 0 unspecified atom stereocenters. The van der Waals surface area contributed by atoms with Crippen LogP contribution in [0.4, 0.5) is 0 Å². The van der Waals surface area contributed by atoms with Gasteiger partial charge in [0.2, 0.25) is 0 Å². The molecule has 0 radical (unpaired) electrons. The van der Waals surface area contributed by atoms with Gasteiger partial charge in [0.25, 0.3) is 0 Å². The lowest BCUT2D eigenvalue weighted by Gasteiger charge is -2.70. The second kappa shape index (κ2) is 4.06. The van der Waals surface area contributed by atoms with Crippen molar-refractivity contribution in [1.29, 1.82) is 0 Å². The maximum atomic E-state index is 11.1. The van der Waals surface area contributed by atoms with E-state index in [-0.39, 0.29) is 11.5 Å². The van der Waals surface area contributed by atoms with Gasteiger partial charge >= 0.3 is 0 Å². The molecular weight excluding hydrogens is 270 g/mol. The van der Waals surface area contributed by atoms with Gasteiger partial charge in [-0.1, -0.05) is 19.9 Å². The average Bonchev–Trinajstić information content (AvgIpc) is 2.50. The Morgan fingerprint density at radius 3 is 2.82 bits per heavy atom. The Hall–Kier alpha value is -0.630. The molecular formula is C20H29NO. The first-order valence-electron chi connectivity index (χ1n) is 9.40. The minimum Gasteiger partial charge on any atom is -0.388 e. The van der Waals surface area contributed by atoms with Crippen LogP contribution in [0.2, 0.25) is 0 Å². The molecule has 7 atom stereocenters. The molecule has 0 aromatic rings. The fourth-order valence-electron chi connectivity index (χ4n) is 7.88. The third-order valence-electron chi connectivity index (χ3n) is 8.80.